The van der Waals surface area contributed by atoms with Gasteiger partial charge < -0.3 is 10.1 Å². The molecule has 1 amide bonds. The van der Waals surface area contributed by atoms with Gasteiger partial charge in [-0.15, -0.1) is 21.5 Å². The molecule has 0 saturated carbocycles. The number of ether oxygens (including phenoxy) is 1. The van der Waals surface area contributed by atoms with Crippen molar-refractivity contribution >= 4 is 28.9 Å². The molecular weight excluding hydrogens is 380 g/mol. The van der Waals surface area contributed by atoms with Crippen molar-refractivity contribution in [3.05, 3.63) is 47.3 Å². The monoisotopic (exact) mass is 393 g/mol. The lowest BCUT2D eigenvalue weighted by atomic mass is 10.2. The summed E-state index contributed by atoms with van der Waals surface area (Å²) in [6.07, 6.45) is -1.24. The first-order valence-electron chi connectivity index (χ1n) is 7.69. The normalized spacial score (nSPS) is 11.8. The van der Waals surface area contributed by atoms with E-state index >= 15 is 0 Å². The van der Waals surface area contributed by atoms with E-state index in [-0.39, 0.29) is 12.2 Å². The molecule has 3 rings (SSSR count). The Morgan fingerprint density at radius 3 is 2.89 bits per heavy atom. The number of anilines is 1. The molecule has 0 bridgehead atoms. The molecule has 3 aromatic rings. The summed E-state index contributed by atoms with van der Waals surface area (Å²) >= 11 is 1.42. The van der Waals surface area contributed by atoms with Gasteiger partial charge in [-0.25, -0.2) is 13.6 Å². The van der Waals surface area contributed by atoms with E-state index in [1.807, 2.05) is 17.5 Å². The van der Waals surface area contributed by atoms with E-state index in [4.69, 9.17) is 4.74 Å². The van der Waals surface area contributed by atoms with Crippen molar-refractivity contribution in [1.29, 1.82) is 0 Å². The molecular formula is C16H13F2N5O3S. The third kappa shape index (κ3) is 4.70. The molecule has 0 fully saturated rings. The van der Waals surface area contributed by atoms with E-state index in [0.717, 1.165) is 27.9 Å². The van der Waals surface area contributed by atoms with Crippen LogP contribution in [0.4, 0.5) is 14.5 Å². The van der Waals surface area contributed by atoms with Crippen molar-refractivity contribution < 1.29 is 23.1 Å². The highest BCUT2D eigenvalue weighted by Gasteiger charge is 2.20. The van der Waals surface area contributed by atoms with Gasteiger partial charge in [-0.05, 0) is 35.7 Å². The number of nitrogens with one attached hydrogen (secondary N) is 1. The van der Waals surface area contributed by atoms with Crippen molar-refractivity contribution in [3.63, 3.8) is 0 Å². The molecule has 27 heavy (non-hydrogen) atoms. The summed E-state index contributed by atoms with van der Waals surface area (Å²) in [5, 5.41) is 15.6. The number of thiophene rings is 1. The molecule has 2 aromatic heterocycles. The first kappa shape index (κ1) is 18.6. The fraction of sp³-hybridized carbons (Fsp3) is 0.188. The number of tetrazole rings is 1. The second-order valence-electron chi connectivity index (χ2n) is 5.37. The van der Waals surface area contributed by atoms with Crippen LogP contribution in [-0.4, -0.2) is 38.2 Å². The Morgan fingerprint density at radius 1 is 1.33 bits per heavy atom. The van der Waals surface area contributed by atoms with Crippen LogP contribution in [0.1, 0.15) is 6.92 Å². The van der Waals surface area contributed by atoms with Gasteiger partial charge in [0.1, 0.15) is 11.6 Å². The summed E-state index contributed by atoms with van der Waals surface area (Å²) in [7, 11) is 0. The molecule has 11 heteroatoms. The largest absolute Gasteiger partial charge is 0.451 e. The van der Waals surface area contributed by atoms with Crippen LogP contribution in [0.15, 0.2) is 35.7 Å². The molecule has 0 aliphatic heterocycles. The van der Waals surface area contributed by atoms with Crippen LogP contribution in [0, 0.1) is 11.6 Å². The molecule has 0 aliphatic rings. The molecule has 0 spiro atoms. The number of esters is 1. The lowest BCUT2D eigenvalue weighted by molar-refractivity contribution is -0.154. The average Bonchev–Trinajstić information content (AvgIpc) is 3.29. The summed E-state index contributed by atoms with van der Waals surface area (Å²) in [5.74, 6) is -2.75. The van der Waals surface area contributed by atoms with Gasteiger partial charge >= 0.3 is 5.97 Å². The molecule has 0 unspecified atom stereocenters. The maximum Gasteiger partial charge on any atom is 0.330 e. The highest BCUT2D eigenvalue weighted by Crippen LogP contribution is 2.19. The van der Waals surface area contributed by atoms with Gasteiger partial charge in [0.05, 0.1) is 10.6 Å². The topological polar surface area (TPSA) is 99.0 Å². The Labute approximate surface area is 155 Å². The molecule has 1 N–H and O–H groups in total. The van der Waals surface area contributed by atoms with Gasteiger partial charge in [0.15, 0.2) is 12.6 Å². The second kappa shape index (κ2) is 7.99. The fourth-order valence-electron chi connectivity index (χ4n) is 2.05. The van der Waals surface area contributed by atoms with Gasteiger partial charge in [-0.3, -0.25) is 4.79 Å². The van der Waals surface area contributed by atoms with E-state index in [0.29, 0.717) is 5.82 Å². The number of rotatable bonds is 6. The van der Waals surface area contributed by atoms with Gasteiger partial charge in [0, 0.05) is 6.07 Å². The summed E-state index contributed by atoms with van der Waals surface area (Å²) in [6, 6.07) is 6.26. The lowest BCUT2D eigenvalue weighted by Crippen LogP contribution is -2.31. The summed E-state index contributed by atoms with van der Waals surface area (Å²) in [6.45, 7) is 0.945. The molecule has 1 atom stereocenters. The van der Waals surface area contributed by atoms with Crippen LogP contribution in [-0.2, 0) is 20.9 Å². The van der Waals surface area contributed by atoms with Crippen LogP contribution in [0.2, 0.25) is 0 Å². The quantitative estimate of drug-likeness (QED) is 0.645. The average molecular weight is 393 g/mol. The summed E-state index contributed by atoms with van der Waals surface area (Å²) in [4.78, 5) is 25.8. The van der Waals surface area contributed by atoms with Crippen LogP contribution >= 0.6 is 11.3 Å². The molecule has 140 valence electrons. The highest BCUT2D eigenvalue weighted by atomic mass is 32.1. The number of aromatic nitrogens is 4. The maximum atomic E-state index is 13.5. The van der Waals surface area contributed by atoms with Crippen LogP contribution < -0.4 is 5.32 Å². The number of hydrogen-bond acceptors (Lipinski definition) is 7. The lowest BCUT2D eigenvalue weighted by Gasteiger charge is -2.13. The van der Waals surface area contributed by atoms with E-state index < -0.39 is 29.6 Å². The number of carbonyl (C=O) groups excluding carboxylic acids is 2. The minimum absolute atomic E-state index is 0.346. The van der Waals surface area contributed by atoms with Crippen molar-refractivity contribution in [2.75, 3.05) is 5.32 Å². The predicted octanol–water partition coefficient (Wildman–Crippen LogP) is 2.25. The number of nitrogens with zero attached hydrogens (tertiary/aromatic N) is 4. The number of hydrogen-bond donors (Lipinski definition) is 1. The Bertz CT molecular complexity index is 961. The smallest absolute Gasteiger partial charge is 0.330 e. The van der Waals surface area contributed by atoms with Crippen molar-refractivity contribution in [2.24, 2.45) is 0 Å². The zero-order chi connectivity index (χ0) is 19.4. The first-order chi connectivity index (χ1) is 12.9. The predicted molar refractivity (Wildman–Crippen MR) is 91.7 cm³/mol. The number of benzene rings is 1. The Hall–Kier alpha value is -3.21. The minimum atomic E-state index is -1.24. The molecule has 0 saturated heterocycles. The van der Waals surface area contributed by atoms with E-state index in [9.17, 15) is 18.4 Å². The van der Waals surface area contributed by atoms with E-state index in [1.54, 1.807) is 0 Å². The molecule has 0 radical (unpaired) electrons. The molecule has 1 aromatic carbocycles. The van der Waals surface area contributed by atoms with Crippen LogP contribution in [0.25, 0.3) is 10.7 Å². The second-order valence-corrected chi connectivity index (χ2v) is 6.31. The van der Waals surface area contributed by atoms with Gasteiger partial charge in [0.2, 0.25) is 5.82 Å². The Morgan fingerprint density at radius 2 is 2.15 bits per heavy atom. The minimum Gasteiger partial charge on any atom is -0.451 e. The zero-order valence-electron chi connectivity index (χ0n) is 13.9. The number of carbonyl (C=O) groups is 2. The Kier molecular flexibility index (Phi) is 5.50. The standard InChI is InChI=1S/C16H13F2N5O3S/c1-9(16(25)19-12-7-10(17)4-5-11(12)18)26-14(24)8-23-21-15(20-22-23)13-3-2-6-27-13/h2-7,9H,8H2,1H3,(H,19,25)/t9-/m1/s1. The number of amides is 1. The third-order valence-corrected chi connectivity index (χ3v) is 4.19. The maximum absolute atomic E-state index is 13.5. The highest BCUT2D eigenvalue weighted by molar-refractivity contribution is 7.13. The van der Waals surface area contributed by atoms with E-state index in [2.05, 4.69) is 20.7 Å². The summed E-state index contributed by atoms with van der Waals surface area (Å²) < 4.78 is 31.6. The van der Waals surface area contributed by atoms with Crippen molar-refractivity contribution in [3.8, 4) is 10.7 Å². The van der Waals surface area contributed by atoms with Crippen LogP contribution in [0.3, 0.4) is 0 Å². The van der Waals surface area contributed by atoms with Crippen molar-refractivity contribution in [2.45, 2.75) is 19.6 Å². The molecule has 2 heterocycles. The van der Waals surface area contributed by atoms with E-state index in [1.165, 1.54) is 18.3 Å². The number of halogens is 2. The van der Waals surface area contributed by atoms with Crippen molar-refractivity contribution in [1.82, 2.24) is 20.2 Å². The third-order valence-electron chi connectivity index (χ3n) is 3.33. The van der Waals surface area contributed by atoms with Gasteiger partial charge in [-0.1, -0.05) is 6.07 Å². The first-order valence-corrected chi connectivity index (χ1v) is 8.57. The zero-order valence-corrected chi connectivity index (χ0v) is 14.7. The summed E-state index contributed by atoms with van der Waals surface area (Å²) in [5.41, 5.74) is -0.346. The SMILES string of the molecule is C[C@@H](OC(=O)Cn1nnc(-c2cccs2)n1)C(=O)Nc1cc(F)ccc1F. The van der Waals surface area contributed by atoms with Crippen LogP contribution in [0.5, 0.6) is 0 Å². The fourth-order valence-corrected chi connectivity index (χ4v) is 2.69. The molecule has 8 nitrogen and oxygen atoms in total. The van der Waals surface area contributed by atoms with Gasteiger partial charge in [-0.2, -0.15) is 4.80 Å². The van der Waals surface area contributed by atoms with Gasteiger partial charge in [0.25, 0.3) is 5.91 Å². The molecule has 0 aliphatic carbocycles. The Balaban J connectivity index is 1.55.